The van der Waals surface area contributed by atoms with Crippen molar-refractivity contribution in [2.45, 2.75) is 25.4 Å². The quantitative estimate of drug-likeness (QED) is 0.339. The first kappa shape index (κ1) is 25.2. The van der Waals surface area contributed by atoms with Crippen molar-refractivity contribution in [2.24, 2.45) is 0 Å². The average molecular weight is 524 g/mol. The number of hydrogen-bond acceptors (Lipinski definition) is 6. The van der Waals surface area contributed by atoms with Gasteiger partial charge in [-0.2, -0.15) is 0 Å². The van der Waals surface area contributed by atoms with E-state index in [1.165, 1.54) is 11.3 Å². The van der Waals surface area contributed by atoms with Crippen LogP contribution in [0.15, 0.2) is 42.6 Å². The van der Waals surface area contributed by atoms with Gasteiger partial charge < -0.3 is 20.3 Å². The van der Waals surface area contributed by atoms with Gasteiger partial charge in [0.15, 0.2) is 4.96 Å². The fourth-order valence-electron chi connectivity index (χ4n) is 4.67. The van der Waals surface area contributed by atoms with Crippen LogP contribution < -0.4 is 15.4 Å². The standard InChI is InChI=1S/C27H30FN5O3S/c1-29-25(34)18-6-4-17(5-7-18)21-16-33-22-15-23(36-2)20(14-24(22)37-27(33)31-21)26(35)30-10-3-11-32-12-8-19(28)9-13-32/h4-7,14-16,19H,3,8-13H2,1-2H3,(H,29,34)(H,30,35). The monoisotopic (exact) mass is 523 g/mol. The maximum absolute atomic E-state index is 13.3. The SMILES string of the molecule is CNC(=O)c1ccc(-c2cn3c(n2)sc2cc(C(=O)NCCCN4CCC(F)CC4)c(OC)cc23)cc1. The Morgan fingerprint density at radius 1 is 1.16 bits per heavy atom. The first-order chi connectivity index (χ1) is 18.0. The molecule has 2 aromatic heterocycles. The molecule has 1 saturated heterocycles. The predicted molar refractivity (Wildman–Crippen MR) is 143 cm³/mol. The molecule has 194 valence electrons. The molecule has 1 aliphatic rings. The smallest absolute Gasteiger partial charge is 0.255 e. The average Bonchev–Trinajstić information content (AvgIpc) is 3.49. The molecule has 0 radical (unpaired) electrons. The summed E-state index contributed by atoms with van der Waals surface area (Å²) in [5.74, 6) is 0.192. The van der Waals surface area contributed by atoms with Crippen molar-refractivity contribution in [2.75, 3.05) is 40.3 Å². The van der Waals surface area contributed by atoms with Gasteiger partial charge >= 0.3 is 0 Å². The summed E-state index contributed by atoms with van der Waals surface area (Å²) in [7, 11) is 3.16. The normalized spacial score (nSPS) is 14.8. The van der Waals surface area contributed by atoms with Gasteiger partial charge in [0, 0.05) is 50.1 Å². The van der Waals surface area contributed by atoms with Gasteiger partial charge in [0.25, 0.3) is 11.8 Å². The molecule has 0 unspecified atom stereocenters. The number of carbonyl (C=O) groups is 2. The van der Waals surface area contributed by atoms with E-state index in [0.717, 1.165) is 52.5 Å². The summed E-state index contributed by atoms with van der Waals surface area (Å²) in [5.41, 5.74) is 3.70. The van der Waals surface area contributed by atoms with Crippen molar-refractivity contribution in [3.63, 3.8) is 0 Å². The molecule has 8 nitrogen and oxygen atoms in total. The number of likely N-dealkylation sites (tertiary alicyclic amines) is 1. The Labute approximate surface area is 218 Å². The summed E-state index contributed by atoms with van der Waals surface area (Å²) in [6, 6.07) is 11.0. The lowest BCUT2D eigenvalue weighted by Gasteiger charge is -2.28. The number of ether oxygens (including phenoxy) is 1. The maximum Gasteiger partial charge on any atom is 0.255 e. The predicted octanol–water partition coefficient (Wildman–Crippen LogP) is 4.14. The van der Waals surface area contributed by atoms with Crippen LogP contribution in [0.25, 0.3) is 26.4 Å². The van der Waals surface area contributed by atoms with Gasteiger partial charge in [-0.1, -0.05) is 23.5 Å². The van der Waals surface area contributed by atoms with Crippen LogP contribution in [0.4, 0.5) is 4.39 Å². The molecule has 0 aliphatic carbocycles. The molecule has 2 N–H and O–H groups in total. The lowest BCUT2D eigenvalue weighted by atomic mass is 10.1. The van der Waals surface area contributed by atoms with E-state index in [0.29, 0.717) is 36.3 Å². The zero-order valence-corrected chi connectivity index (χ0v) is 21.7. The second kappa shape index (κ2) is 10.9. The van der Waals surface area contributed by atoms with Crippen molar-refractivity contribution in [1.29, 1.82) is 0 Å². The van der Waals surface area contributed by atoms with E-state index in [4.69, 9.17) is 9.72 Å². The van der Waals surface area contributed by atoms with E-state index in [9.17, 15) is 14.0 Å². The number of carbonyl (C=O) groups excluding carboxylic acids is 2. The second-order valence-corrected chi connectivity index (χ2v) is 10.2. The molecule has 5 rings (SSSR count). The van der Waals surface area contributed by atoms with Gasteiger partial charge in [0.1, 0.15) is 11.9 Å². The maximum atomic E-state index is 13.3. The summed E-state index contributed by atoms with van der Waals surface area (Å²) in [6.07, 6.45) is 3.28. The molecule has 37 heavy (non-hydrogen) atoms. The number of imidazole rings is 1. The van der Waals surface area contributed by atoms with Crippen molar-refractivity contribution in [3.8, 4) is 17.0 Å². The van der Waals surface area contributed by atoms with Crippen LogP contribution in [0.5, 0.6) is 5.75 Å². The Kier molecular flexibility index (Phi) is 7.38. The molecule has 2 amide bonds. The number of piperidine rings is 1. The minimum Gasteiger partial charge on any atom is -0.496 e. The number of thiazole rings is 1. The van der Waals surface area contributed by atoms with Gasteiger partial charge in [-0.15, -0.1) is 0 Å². The number of halogens is 1. The van der Waals surface area contributed by atoms with Crippen LogP contribution >= 0.6 is 11.3 Å². The largest absolute Gasteiger partial charge is 0.496 e. The topological polar surface area (TPSA) is 88.0 Å². The summed E-state index contributed by atoms with van der Waals surface area (Å²) < 4.78 is 21.8. The Morgan fingerprint density at radius 3 is 2.62 bits per heavy atom. The highest BCUT2D eigenvalue weighted by Crippen LogP contribution is 2.34. The number of aromatic nitrogens is 2. The van der Waals surface area contributed by atoms with Crippen molar-refractivity contribution < 1.29 is 18.7 Å². The summed E-state index contributed by atoms with van der Waals surface area (Å²) in [6.45, 7) is 2.96. The summed E-state index contributed by atoms with van der Waals surface area (Å²) in [5, 5.41) is 5.62. The number of fused-ring (bicyclic) bond motifs is 3. The molecular weight excluding hydrogens is 493 g/mol. The third-order valence-corrected chi connectivity index (χ3v) is 7.80. The van der Waals surface area contributed by atoms with Crippen LogP contribution in [-0.2, 0) is 0 Å². The third-order valence-electron chi connectivity index (χ3n) is 6.78. The zero-order chi connectivity index (χ0) is 25.9. The van der Waals surface area contributed by atoms with E-state index in [-0.39, 0.29) is 11.8 Å². The van der Waals surface area contributed by atoms with Gasteiger partial charge in [-0.05, 0) is 44.0 Å². The van der Waals surface area contributed by atoms with E-state index < -0.39 is 6.17 Å². The first-order valence-corrected chi connectivity index (χ1v) is 13.2. The molecule has 0 atom stereocenters. The number of benzene rings is 2. The molecule has 4 aromatic rings. The van der Waals surface area contributed by atoms with E-state index >= 15 is 0 Å². The number of hydrogen-bond donors (Lipinski definition) is 2. The van der Waals surface area contributed by atoms with Crippen molar-refractivity contribution in [1.82, 2.24) is 24.9 Å². The third kappa shape index (κ3) is 5.30. The fraction of sp³-hybridized carbons (Fsp3) is 0.370. The molecule has 0 saturated carbocycles. The summed E-state index contributed by atoms with van der Waals surface area (Å²) in [4.78, 5) is 32.6. The van der Waals surface area contributed by atoms with Gasteiger partial charge in [0.05, 0.1) is 28.6 Å². The highest BCUT2D eigenvalue weighted by Gasteiger charge is 2.20. The molecule has 3 heterocycles. The minimum absolute atomic E-state index is 0.131. The van der Waals surface area contributed by atoms with Gasteiger partial charge in [0.2, 0.25) is 0 Å². The van der Waals surface area contributed by atoms with Crippen molar-refractivity contribution in [3.05, 3.63) is 53.7 Å². The molecule has 0 spiro atoms. The molecule has 10 heteroatoms. The van der Waals surface area contributed by atoms with Crippen LogP contribution in [0.3, 0.4) is 0 Å². The van der Waals surface area contributed by atoms with Crippen LogP contribution in [-0.4, -0.2) is 72.6 Å². The highest BCUT2D eigenvalue weighted by molar-refractivity contribution is 7.23. The summed E-state index contributed by atoms with van der Waals surface area (Å²) >= 11 is 1.50. The van der Waals surface area contributed by atoms with Crippen LogP contribution in [0.2, 0.25) is 0 Å². The fourth-order valence-corrected chi connectivity index (χ4v) is 5.70. The van der Waals surface area contributed by atoms with E-state index in [1.807, 2.05) is 34.9 Å². The highest BCUT2D eigenvalue weighted by atomic mass is 32.1. The van der Waals surface area contributed by atoms with E-state index in [2.05, 4.69) is 15.5 Å². The molecular formula is C27H30FN5O3S. The Bertz CT molecular complexity index is 1420. The van der Waals surface area contributed by atoms with Gasteiger partial charge in [-0.3, -0.25) is 14.0 Å². The number of amides is 2. The van der Waals surface area contributed by atoms with Crippen molar-refractivity contribution >= 4 is 38.3 Å². The number of alkyl halides is 1. The second-order valence-electron chi connectivity index (χ2n) is 9.18. The molecule has 1 aliphatic heterocycles. The number of rotatable bonds is 8. The van der Waals surface area contributed by atoms with Gasteiger partial charge in [-0.25, -0.2) is 9.37 Å². The molecule has 1 fully saturated rings. The number of methoxy groups -OCH3 is 1. The van der Waals surface area contributed by atoms with Crippen LogP contribution in [0, 0.1) is 0 Å². The molecule has 2 aromatic carbocycles. The first-order valence-electron chi connectivity index (χ1n) is 12.4. The zero-order valence-electron chi connectivity index (χ0n) is 20.9. The number of nitrogens with zero attached hydrogens (tertiary/aromatic N) is 3. The van der Waals surface area contributed by atoms with Crippen LogP contribution in [0.1, 0.15) is 40.0 Å². The Balaban J connectivity index is 1.30. The lowest BCUT2D eigenvalue weighted by Crippen LogP contribution is -2.36. The minimum atomic E-state index is -0.674. The molecule has 0 bridgehead atoms. The Morgan fingerprint density at radius 2 is 1.92 bits per heavy atom. The lowest BCUT2D eigenvalue weighted by molar-refractivity contribution is 0.0943. The van der Waals surface area contributed by atoms with E-state index in [1.54, 1.807) is 26.3 Å². The number of nitrogens with one attached hydrogen (secondary N) is 2. The Hall–Kier alpha value is -3.50.